The third-order valence-electron chi connectivity index (χ3n) is 4.31. The van der Waals surface area contributed by atoms with E-state index in [-0.39, 0.29) is 0 Å². The lowest BCUT2D eigenvalue weighted by molar-refractivity contribution is -0.118. The van der Waals surface area contributed by atoms with Gasteiger partial charge in [-0.25, -0.2) is 4.98 Å². The predicted octanol–water partition coefficient (Wildman–Crippen LogP) is 1.75. The topological polar surface area (TPSA) is 56.7 Å². The Hall–Kier alpha value is -2.40. The second kappa shape index (κ2) is 6.79. The molecule has 2 aromatic rings. The van der Waals surface area contributed by atoms with E-state index in [1.54, 1.807) is 4.90 Å². The van der Waals surface area contributed by atoms with Gasteiger partial charge < -0.3 is 14.9 Å². The van der Waals surface area contributed by atoms with E-state index < -0.39 is 6.10 Å². The summed E-state index contributed by atoms with van der Waals surface area (Å²) in [5.74, 6) is 0.900. The van der Waals surface area contributed by atoms with Crippen LogP contribution in [0.2, 0.25) is 0 Å². The molecule has 1 unspecified atom stereocenters. The molecule has 1 aliphatic heterocycles. The fourth-order valence-electron chi connectivity index (χ4n) is 2.90. The van der Waals surface area contributed by atoms with Gasteiger partial charge in [-0.15, -0.1) is 0 Å². The van der Waals surface area contributed by atoms with E-state index in [0.717, 1.165) is 55.2 Å². The van der Waals surface area contributed by atoms with Crippen molar-refractivity contribution in [2.24, 2.45) is 0 Å². The lowest BCUT2D eigenvalue weighted by Gasteiger charge is -2.33. The molecule has 1 aliphatic rings. The first-order valence-electron chi connectivity index (χ1n) is 7.84. The number of carbonyl (C=O) groups is 1. The number of hydrogen-bond donors (Lipinski definition) is 1. The molecule has 5 nitrogen and oxygen atoms in total. The van der Waals surface area contributed by atoms with Crippen molar-refractivity contribution in [1.82, 2.24) is 9.88 Å². The molecule has 5 heteroatoms. The normalized spacial score (nSPS) is 16.3. The van der Waals surface area contributed by atoms with Gasteiger partial charge in [0, 0.05) is 37.4 Å². The average Bonchev–Trinajstić information content (AvgIpc) is 2.62. The van der Waals surface area contributed by atoms with E-state index in [2.05, 4.69) is 9.88 Å². The highest BCUT2D eigenvalue weighted by Gasteiger charge is 2.19. The smallest absolute Gasteiger partial charge is 0.209 e. The van der Waals surface area contributed by atoms with Crippen LogP contribution in [0.5, 0.6) is 0 Å². The molecule has 1 aromatic heterocycles. The Morgan fingerprint density at radius 1 is 1.09 bits per heavy atom. The van der Waals surface area contributed by atoms with Crippen molar-refractivity contribution in [3.8, 4) is 0 Å². The van der Waals surface area contributed by atoms with Gasteiger partial charge in [0.05, 0.1) is 0 Å². The number of aromatic nitrogens is 1. The van der Waals surface area contributed by atoms with Gasteiger partial charge in [-0.1, -0.05) is 36.4 Å². The molecule has 23 heavy (non-hydrogen) atoms. The molecule has 3 rings (SSSR count). The van der Waals surface area contributed by atoms with Gasteiger partial charge in [-0.05, 0) is 18.6 Å². The molecule has 120 valence electrons. The van der Waals surface area contributed by atoms with E-state index >= 15 is 0 Å². The molecule has 1 saturated heterocycles. The van der Waals surface area contributed by atoms with Crippen LogP contribution in [-0.4, -0.2) is 47.6 Å². The number of aryl methyl sites for hydroxylation is 1. The summed E-state index contributed by atoms with van der Waals surface area (Å²) >= 11 is 0. The zero-order valence-electron chi connectivity index (χ0n) is 13.2. The number of anilines is 1. The van der Waals surface area contributed by atoms with Gasteiger partial charge in [-0.3, -0.25) is 4.79 Å². The van der Waals surface area contributed by atoms with Gasteiger partial charge in [0.15, 0.2) is 0 Å². The molecule has 0 spiro atoms. The van der Waals surface area contributed by atoms with Crippen molar-refractivity contribution >= 4 is 12.2 Å². The number of aliphatic hydroxyl groups is 1. The maximum absolute atomic E-state index is 10.8. The molecule has 0 radical (unpaired) electrons. The number of carbonyl (C=O) groups excluding carboxylic acids is 1. The van der Waals surface area contributed by atoms with Crippen LogP contribution < -0.4 is 4.90 Å². The summed E-state index contributed by atoms with van der Waals surface area (Å²) in [7, 11) is 0. The molecular formula is C18H21N3O2. The van der Waals surface area contributed by atoms with Gasteiger partial charge in [0.25, 0.3) is 0 Å². The monoisotopic (exact) mass is 311 g/mol. The number of hydrogen-bond acceptors (Lipinski definition) is 4. The van der Waals surface area contributed by atoms with Gasteiger partial charge >= 0.3 is 0 Å². The highest BCUT2D eigenvalue weighted by atomic mass is 16.3. The van der Waals surface area contributed by atoms with E-state index in [4.69, 9.17) is 0 Å². The summed E-state index contributed by atoms with van der Waals surface area (Å²) in [5.41, 5.74) is 2.52. The second-order valence-electron chi connectivity index (χ2n) is 5.79. The number of nitrogens with zero attached hydrogens (tertiary/aromatic N) is 3. The van der Waals surface area contributed by atoms with Crippen LogP contribution in [0.4, 0.5) is 5.82 Å². The largest absolute Gasteiger partial charge is 0.384 e. The van der Waals surface area contributed by atoms with Crippen LogP contribution in [0.1, 0.15) is 22.9 Å². The third-order valence-corrected chi connectivity index (χ3v) is 4.31. The van der Waals surface area contributed by atoms with Crippen LogP contribution in [0, 0.1) is 6.92 Å². The van der Waals surface area contributed by atoms with Crippen LogP contribution in [-0.2, 0) is 4.79 Å². The Balaban J connectivity index is 1.77. The third kappa shape index (κ3) is 3.35. The highest BCUT2D eigenvalue weighted by molar-refractivity contribution is 5.49. The van der Waals surface area contributed by atoms with Crippen molar-refractivity contribution < 1.29 is 9.90 Å². The maximum Gasteiger partial charge on any atom is 0.209 e. The standard InChI is InChI=1S/C18H21N3O2/c1-14-16(18(23)15-5-3-2-4-6-15)7-8-17(19-14)21-11-9-20(13-22)10-12-21/h2-8,13,18,23H,9-12H2,1H3. The summed E-state index contributed by atoms with van der Waals surface area (Å²) < 4.78 is 0. The van der Waals surface area contributed by atoms with Crippen molar-refractivity contribution in [3.05, 3.63) is 59.3 Å². The van der Waals surface area contributed by atoms with E-state index in [9.17, 15) is 9.90 Å². The zero-order chi connectivity index (χ0) is 16.2. The number of rotatable bonds is 4. The Morgan fingerprint density at radius 2 is 1.78 bits per heavy atom. The Kier molecular flexibility index (Phi) is 4.57. The number of amides is 1. The van der Waals surface area contributed by atoms with E-state index in [0.29, 0.717) is 0 Å². The zero-order valence-corrected chi connectivity index (χ0v) is 13.2. The summed E-state index contributed by atoms with van der Waals surface area (Å²) in [5, 5.41) is 10.5. The van der Waals surface area contributed by atoms with E-state index in [1.807, 2.05) is 49.4 Å². The van der Waals surface area contributed by atoms with Crippen molar-refractivity contribution in [2.45, 2.75) is 13.0 Å². The van der Waals surface area contributed by atoms with Crippen LogP contribution in [0.3, 0.4) is 0 Å². The number of pyridine rings is 1. The van der Waals surface area contributed by atoms with Crippen LogP contribution in [0.15, 0.2) is 42.5 Å². The number of benzene rings is 1. The average molecular weight is 311 g/mol. The van der Waals surface area contributed by atoms with Crippen molar-refractivity contribution in [2.75, 3.05) is 31.1 Å². The molecule has 1 amide bonds. The van der Waals surface area contributed by atoms with Gasteiger partial charge in [0.2, 0.25) is 6.41 Å². The lowest BCUT2D eigenvalue weighted by Crippen LogP contribution is -2.46. The SMILES string of the molecule is Cc1nc(N2CCN(C=O)CC2)ccc1C(O)c1ccccc1. The number of piperazine rings is 1. The fraction of sp³-hybridized carbons (Fsp3) is 0.333. The summed E-state index contributed by atoms with van der Waals surface area (Å²) in [4.78, 5) is 19.4. The Bertz CT molecular complexity index is 667. The molecular weight excluding hydrogens is 290 g/mol. The minimum atomic E-state index is -0.662. The molecule has 0 bridgehead atoms. The van der Waals surface area contributed by atoms with E-state index in [1.165, 1.54) is 0 Å². The molecule has 2 heterocycles. The first kappa shape index (κ1) is 15.5. The fourth-order valence-corrected chi connectivity index (χ4v) is 2.90. The Labute approximate surface area is 136 Å². The minimum absolute atomic E-state index is 0.662. The molecule has 0 saturated carbocycles. The van der Waals surface area contributed by atoms with Crippen molar-refractivity contribution in [3.63, 3.8) is 0 Å². The quantitative estimate of drug-likeness (QED) is 0.874. The first-order valence-corrected chi connectivity index (χ1v) is 7.84. The molecule has 1 atom stereocenters. The lowest BCUT2D eigenvalue weighted by atomic mass is 10.0. The highest BCUT2D eigenvalue weighted by Crippen LogP contribution is 2.26. The van der Waals surface area contributed by atoms with Crippen LogP contribution >= 0.6 is 0 Å². The summed E-state index contributed by atoms with van der Waals surface area (Å²) in [6.45, 7) is 4.93. The predicted molar refractivity (Wildman–Crippen MR) is 89.3 cm³/mol. The molecule has 0 aliphatic carbocycles. The maximum atomic E-state index is 10.8. The molecule has 1 aromatic carbocycles. The van der Waals surface area contributed by atoms with Crippen molar-refractivity contribution in [1.29, 1.82) is 0 Å². The number of aliphatic hydroxyl groups excluding tert-OH is 1. The van der Waals surface area contributed by atoms with Gasteiger partial charge in [0.1, 0.15) is 11.9 Å². The molecule has 1 N–H and O–H groups in total. The summed E-state index contributed by atoms with van der Waals surface area (Å²) in [6, 6.07) is 13.5. The van der Waals surface area contributed by atoms with Gasteiger partial charge in [-0.2, -0.15) is 0 Å². The minimum Gasteiger partial charge on any atom is -0.384 e. The first-order chi connectivity index (χ1) is 11.2. The molecule has 1 fully saturated rings. The Morgan fingerprint density at radius 3 is 2.39 bits per heavy atom. The summed E-state index contributed by atoms with van der Waals surface area (Å²) in [6.07, 6.45) is 0.236. The van der Waals surface area contributed by atoms with Crippen LogP contribution in [0.25, 0.3) is 0 Å². The second-order valence-corrected chi connectivity index (χ2v) is 5.79.